The van der Waals surface area contributed by atoms with Crippen LogP contribution in [0.3, 0.4) is 0 Å². The topological polar surface area (TPSA) is 15.3 Å². The highest BCUT2D eigenvalue weighted by molar-refractivity contribution is 5.48. The van der Waals surface area contributed by atoms with Crippen molar-refractivity contribution in [1.29, 1.82) is 0 Å². The Labute approximate surface area is 102 Å². The summed E-state index contributed by atoms with van der Waals surface area (Å²) in [6.07, 6.45) is 2.61. The van der Waals surface area contributed by atoms with E-state index in [1.165, 1.54) is 18.9 Å². The molecule has 92 valence electrons. The number of anilines is 1. The SMILES string of the molecule is CC1CNCC2(CC2)CN1c1cccc(F)c1. The number of hydrogen-bond acceptors (Lipinski definition) is 2. The molecular formula is C14H19FN2. The van der Waals surface area contributed by atoms with Crippen LogP contribution in [0, 0.1) is 11.2 Å². The molecule has 1 saturated heterocycles. The van der Waals surface area contributed by atoms with Gasteiger partial charge in [-0.05, 0) is 38.0 Å². The van der Waals surface area contributed by atoms with E-state index in [2.05, 4.69) is 17.1 Å². The van der Waals surface area contributed by atoms with Gasteiger partial charge in [0, 0.05) is 36.8 Å². The summed E-state index contributed by atoms with van der Waals surface area (Å²) in [6.45, 7) is 5.37. The predicted molar refractivity (Wildman–Crippen MR) is 67.7 cm³/mol. The monoisotopic (exact) mass is 234 g/mol. The molecule has 3 heteroatoms. The first-order chi connectivity index (χ1) is 8.19. The maximum absolute atomic E-state index is 13.3. The molecule has 0 radical (unpaired) electrons. The quantitative estimate of drug-likeness (QED) is 0.802. The van der Waals surface area contributed by atoms with Crippen LogP contribution >= 0.6 is 0 Å². The Kier molecular flexibility index (Phi) is 2.58. The Balaban J connectivity index is 1.88. The third-order valence-electron chi connectivity index (χ3n) is 4.07. The van der Waals surface area contributed by atoms with Crippen LogP contribution in [0.15, 0.2) is 24.3 Å². The van der Waals surface area contributed by atoms with E-state index in [-0.39, 0.29) is 5.82 Å². The van der Waals surface area contributed by atoms with E-state index in [9.17, 15) is 4.39 Å². The molecule has 0 bridgehead atoms. The molecule has 1 spiro atoms. The van der Waals surface area contributed by atoms with Crippen LogP contribution in [-0.2, 0) is 0 Å². The van der Waals surface area contributed by atoms with Gasteiger partial charge >= 0.3 is 0 Å². The van der Waals surface area contributed by atoms with Crippen molar-refractivity contribution in [1.82, 2.24) is 5.32 Å². The zero-order valence-electron chi connectivity index (χ0n) is 10.2. The van der Waals surface area contributed by atoms with Gasteiger partial charge < -0.3 is 10.2 Å². The molecule has 1 aliphatic heterocycles. The van der Waals surface area contributed by atoms with Gasteiger partial charge in [0.15, 0.2) is 0 Å². The Morgan fingerprint density at radius 3 is 2.94 bits per heavy atom. The molecule has 17 heavy (non-hydrogen) atoms. The Morgan fingerprint density at radius 2 is 2.24 bits per heavy atom. The maximum Gasteiger partial charge on any atom is 0.125 e. The molecule has 2 aliphatic rings. The first-order valence-corrected chi connectivity index (χ1v) is 6.42. The van der Waals surface area contributed by atoms with Crippen molar-refractivity contribution in [3.63, 3.8) is 0 Å². The van der Waals surface area contributed by atoms with Crippen molar-refractivity contribution in [2.45, 2.75) is 25.8 Å². The summed E-state index contributed by atoms with van der Waals surface area (Å²) >= 11 is 0. The van der Waals surface area contributed by atoms with Crippen molar-refractivity contribution in [3.8, 4) is 0 Å². The summed E-state index contributed by atoms with van der Waals surface area (Å²) in [7, 11) is 0. The van der Waals surface area contributed by atoms with Crippen molar-refractivity contribution in [2.75, 3.05) is 24.5 Å². The lowest BCUT2D eigenvalue weighted by atomic mass is 10.1. The summed E-state index contributed by atoms with van der Waals surface area (Å²) in [5.74, 6) is -0.142. The van der Waals surface area contributed by atoms with E-state index >= 15 is 0 Å². The van der Waals surface area contributed by atoms with E-state index in [4.69, 9.17) is 0 Å². The number of nitrogens with zero attached hydrogens (tertiary/aromatic N) is 1. The highest BCUT2D eigenvalue weighted by Gasteiger charge is 2.45. The number of nitrogens with one attached hydrogen (secondary N) is 1. The molecule has 1 saturated carbocycles. The molecule has 1 aromatic carbocycles. The first kappa shape index (κ1) is 11.0. The van der Waals surface area contributed by atoms with Crippen molar-refractivity contribution in [3.05, 3.63) is 30.1 Å². The van der Waals surface area contributed by atoms with Crippen LogP contribution in [-0.4, -0.2) is 25.7 Å². The second-order valence-corrected chi connectivity index (χ2v) is 5.59. The highest BCUT2D eigenvalue weighted by atomic mass is 19.1. The van der Waals surface area contributed by atoms with Gasteiger partial charge in [-0.1, -0.05) is 6.07 Å². The van der Waals surface area contributed by atoms with Crippen molar-refractivity contribution >= 4 is 5.69 Å². The van der Waals surface area contributed by atoms with E-state index < -0.39 is 0 Å². The third kappa shape index (κ3) is 2.16. The predicted octanol–water partition coefficient (Wildman–Crippen LogP) is 2.40. The van der Waals surface area contributed by atoms with E-state index in [1.807, 2.05) is 6.07 Å². The fraction of sp³-hybridized carbons (Fsp3) is 0.571. The molecule has 1 unspecified atom stereocenters. The molecule has 1 N–H and O–H groups in total. The standard InChI is InChI=1S/C14H19FN2/c1-11-8-16-9-14(5-6-14)10-17(11)13-4-2-3-12(15)7-13/h2-4,7,11,16H,5-6,8-10H2,1H3. The molecule has 1 aromatic rings. The Bertz CT molecular complexity index is 414. The minimum absolute atomic E-state index is 0.142. The first-order valence-electron chi connectivity index (χ1n) is 6.42. The summed E-state index contributed by atoms with van der Waals surface area (Å²) in [5, 5.41) is 3.53. The number of halogens is 1. The lowest BCUT2D eigenvalue weighted by Crippen LogP contribution is -2.38. The molecule has 1 aliphatic carbocycles. The lowest BCUT2D eigenvalue weighted by Gasteiger charge is -2.31. The molecule has 1 atom stereocenters. The summed E-state index contributed by atoms with van der Waals surface area (Å²) in [5.41, 5.74) is 1.48. The smallest absolute Gasteiger partial charge is 0.125 e. The fourth-order valence-electron chi connectivity index (χ4n) is 2.74. The molecule has 0 aromatic heterocycles. The Hall–Kier alpha value is -1.09. The fourth-order valence-corrected chi connectivity index (χ4v) is 2.74. The van der Waals surface area contributed by atoms with E-state index in [0.717, 1.165) is 25.3 Å². The molecule has 1 heterocycles. The van der Waals surface area contributed by atoms with Gasteiger partial charge in [0.2, 0.25) is 0 Å². The van der Waals surface area contributed by atoms with Crippen LogP contribution < -0.4 is 10.2 Å². The zero-order valence-corrected chi connectivity index (χ0v) is 10.2. The second kappa shape index (κ2) is 3.98. The van der Waals surface area contributed by atoms with Gasteiger partial charge in [0.25, 0.3) is 0 Å². The zero-order chi connectivity index (χ0) is 11.9. The number of benzene rings is 1. The molecular weight excluding hydrogens is 215 g/mol. The van der Waals surface area contributed by atoms with Crippen LogP contribution in [0.4, 0.5) is 10.1 Å². The molecule has 0 amide bonds. The lowest BCUT2D eigenvalue weighted by molar-refractivity contribution is 0.500. The maximum atomic E-state index is 13.3. The van der Waals surface area contributed by atoms with Gasteiger partial charge in [-0.2, -0.15) is 0 Å². The highest BCUT2D eigenvalue weighted by Crippen LogP contribution is 2.47. The average Bonchev–Trinajstić information content (AvgIpc) is 3.08. The van der Waals surface area contributed by atoms with Gasteiger partial charge in [0.05, 0.1) is 0 Å². The van der Waals surface area contributed by atoms with E-state index in [0.29, 0.717) is 11.5 Å². The van der Waals surface area contributed by atoms with Crippen molar-refractivity contribution < 1.29 is 4.39 Å². The largest absolute Gasteiger partial charge is 0.367 e. The van der Waals surface area contributed by atoms with Crippen LogP contribution in [0.25, 0.3) is 0 Å². The summed E-state index contributed by atoms with van der Waals surface area (Å²) in [6, 6.07) is 7.41. The molecule has 2 nitrogen and oxygen atoms in total. The van der Waals surface area contributed by atoms with Gasteiger partial charge in [-0.25, -0.2) is 4.39 Å². The second-order valence-electron chi connectivity index (χ2n) is 5.59. The summed E-state index contributed by atoms with van der Waals surface area (Å²) in [4.78, 5) is 2.36. The Morgan fingerprint density at radius 1 is 1.41 bits per heavy atom. The van der Waals surface area contributed by atoms with Gasteiger partial charge in [-0.15, -0.1) is 0 Å². The van der Waals surface area contributed by atoms with Gasteiger partial charge in [0.1, 0.15) is 5.82 Å². The van der Waals surface area contributed by atoms with Gasteiger partial charge in [-0.3, -0.25) is 0 Å². The minimum atomic E-state index is -0.142. The molecule has 3 rings (SSSR count). The number of rotatable bonds is 1. The minimum Gasteiger partial charge on any atom is -0.367 e. The molecule has 2 fully saturated rings. The average molecular weight is 234 g/mol. The third-order valence-corrected chi connectivity index (χ3v) is 4.07. The van der Waals surface area contributed by atoms with E-state index in [1.54, 1.807) is 12.1 Å². The number of hydrogen-bond donors (Lipinski definition) is 1. The van der Waals surface area contributed by atoms with Crippen LogP contribution in [0.1, 0.15) is 19.8 Å². The van der Waals surface area contributed by atoms with Crippen LogP contribution in [0.2, 0.25) is 0 Å². The van der Waals surface area contributed by atoms with Crippen molar-refractivity contribution in [2.24, 2.45) is 5.41 Å². The summed E-state index contributed by atoms with van der Waals surface area (Å²) < 4.78 is 13.3. The van der Waals surface area contributed by atoms with Crippen LogP contribution in [0.5, 0.6) is 0 Å². The normalized spacial score (nSPS) is 26.9.